The molecule has 0 saturated carbocycles. The van der Waals surface area contributed by atoms with E-state index in [1.807, 2.05) is 0 Å². The van der Waals surface area contributed by atoms with E-state index in [9.17, 15) is 0 Å². The van der Waals surface area contributed by atoms with E-state index in [2.05, 4.69) is 33.0 Å². The smallest absolute Gasteiger partial charge is 0.00976 e. The second-order valence-corrected chi connectivity index (χ2v) is 4.71. The van der Waals surface area contributed by atoms with Crippen LogP contribution < -0.4 is 5.32 Å². The zero-order valence-corrected chi connectivity index (χ0v) is 8.93. The molecule has 1 rings (SSSR count). The summed E-state index contributed by atoms with van der Waals surface area (Å²) in [5.74, 6) is 1.64. The minimum absolute atomic E-state index is 0.741. The lowest BCUT2D eigenvalue weighted by molar-refractivity contribution is 0.226. The molecule has 1 aliphatic rings. The van der Waals surface area contributed by atoms with Gasteiger partial charge in [0.1, 0.15) is 0 Å². The third kappa shape index (κ3) is 2.48. The van der Waals surface area contributed by atoms with Gasteiger partial charge in [-0.25, -0.2) is 0 Å². The van der Waals surface area contributed by atoms with Crippen LogP contribution in [0.25, 0.3) is 0 Å². The van der Waals surface area contributed by atoms with Crippen LogP contribution in [-0.2, 0) is 0 Å². The number of nitrogens with one attached hydrogen (secondary N) is 1. The van der Waals surface area contributed by atoms with Gasteiger partial charge < -0.3 is 5.32 Å². The fraction of sp³-hybridized carbons (Fsp3) is 1.00. The van der Waals surface area contributed by atoms with Crippen molar-refractivity contribution in [1.29, 1.82) is 0 Å². The quantitative estimate of drug-likeness (QED) is 0.670. The zero-order chi connectivity index (χ0) is 9.14. The Kier molecular flexibility index (Phi) is 3.57. The zero-order valence-electron chi connectivity index (χ0n) is 8.93. The Balaban J connectivity index is 2.40. The van der Waals surface area contributed by atoms with Crippen LogP contribution in [0, 0.1) is 11.8 Å². The highest BCUT2D eigenvalue weighted by Gasteiger charge is 2.24. The lowest BCUT2D eigenvalue weighted by atomic mass is 9.84. The van der Waals surface area contributed by atoms with Crippen molar-refractivity contribution in [2.45, 2.75) is 59.0 Å². The molecule has 0 aromatic heterocycles. The summed E-state index contributed by atoms with van der Waals surface area (Å²) in [5, 5.41) is 3.70. The first-order valence-electron chi connectivity index (χ1n) is 5.37. The molecule has 1 fully saturated rings. The molecule has 0 aromatic carbocycles. The lowest BCUT2D eigenvalue weighted by Gasteiger charge is -2.34. The van der Waals surface area contributed by atoms with Crippen LogP contribution in [-0.4, -0.2) is 12.1 Å². The standard InChI is InChI=1S/C11H23N/c1-8(2)10(4)11-7-5-6-9(3)12-11/h8-12H,5-7H2,1-4H3. The van der Waals surface area contributed by atoms with Crippen molar-refractivity contribution in [3.05, 3.63) is 0 Å². The van der Waals surface area contributed by atoms with Crippen molar-refractivity contribution in [1.82, 2.24) is 5.32 Å². The van der Waals surface area contributed by atoms with Gasteiger partial charge in [0.05, 0.1) is 0 Å². The van der Waals surface area contributed by atoms with E-state index >= 15 is 0 Å². The second kappa shape index (κ2) is 4.27. The number of hydrogen-bond acceptors (Lipinski definition) is 1. The van der Waals surface area contributed by atoms with Crippen LogP contribution >= 0.6 is 0 Å². The van der Waals surface area contributed by atoms with Gasteiger partial charge in [0.25, 0.3) is 0 Å². The fourth-order valence-corrected chi connectivity index (χ4v) is 2.06. The molecule has 0 aromatic rings. The molecular weight excluding hydrogens is 146 g/mol. The first-order valence-corrected chi connectivity index (χ1v) is 5.37. The molecule has 1 heteroatoms. The van der Waals surface area contributed by atoms with Crippen LogP contribution in [0.2, 0.25) is 0 Å². The van der Waals surface area contributed by atoms with Crippen LogP contribution in [0.5, 0.6) is 0 Å². The second-order valence-electron chi connectivity index (χ2n) is 4.71. The number of piperidine rings is 1. The van der Waals surface area contributed by atoms with Crippen molar-refractivity contribution in [3.8, 4) is 0 Å². The molecule has 0 radical (unpaired) electrons. The molecular formula is C11H23N. The van der Waals surface area contributed by atoms with Gasteiger partial charge in [-0.1, -0.05) is 27.2 Å². The first-order chi connectivity index (χ1) is 5.61. The predicted molar refractivity (Wildman–Crippen MR) is 54.2 cm³/mol. The minimum Gasteiger partial charge on any atom is -0.311 e. The van der Waals surface area contributed by atoms with Crippen molar-refractivity contribution in [2.24, 2.45) is 11.8 Å². The monoisotopic (exact) mass is 169 g/mol. The van der Waals surface area contributed by atoms with E-state index in [4.69, 9.17) is 0 Å². The molecule has 3 atom stereocenters. The van der Waals surface area contributed by atoms with Crippen LogP contribution in [0.3, 0.4) is 0 Å². The maximum Gasteiger partial charge on any atom is 0.00976 e. The predicted octanol–water partition coefficient (Wildman–Crippen LogP) is 2.81. The maximum atomic E-state index is 3.70. The van der Waals surface area contributed by atoms with E-state index in [0.29, 0.717) is 0 Å². The Hall–Kier alpha value is -0.0400. The summed E-state index contributed by atoms with van der Waals surface area (Å²) in [6.07, 6.45) is 4.15. The summed E-state index contributed by atoms with van der Waals surface area (Å²) < 4.78 is 0. The summed E-state index contributed by atoms with van der Waals surface area (Å²) >= 11 is 0. The van der Waals surface area contributed by atoms with Gasteiger partial charge in [-0.05, 0) is 31.6 Å². The lowest BCUT2D eigenvalue weighted by Crippen LogP contribution is -2.45. The van der Waals surface area contributed by atoms with Gasteiger partial charge >= 0.3 is 0 Å². The third-order valence-corrected chi connectivity index (χ3v) is 3.34. The minimum atomic E-state index is 0.741. The maximum absolute atomic E-state index is 3.70. The van der Waals surface area contributed by atoms with E-state index < -0.39 is 0 Å². The summed E-state index contributed by atoms with van der Waals surface area (Å²) in [5.41, 5.74) is 0. The van der Waals surface area contributed by atoms with Crippen LogP contribution in [0.15, 0.2) is 0 Å². The third-order valence-electron chi connectivity index (χ3n) is 3.34. The number of rotatable bonds is 2. The average molecular weight is 169 g/mol. The Morgan fingerprint density at radius 2 is 1.83 bits per heavy atom. The highest BCUT2D eigenvalue weighted by Crippen LogP contribution is 2.23. The molecule has 1 nitrogen and oxygen atoms in total. The van der Waals surface area contributed by atoms with E-state index in [0.717, 1.165) is 23.9 Å². The molecule has 1 heterocycles. The topological polar surface area (TPSA) is 12.0 Å². The van der Waals surface area contributed by atoms with E-state index in [-0.39, 0.29) is 0 Å². The summed E-state index contributed by atoms with van der Waals surface area (Å²) in [6.45, 7) is 9.33. The Bertz CT molecular complexity index is 131. The van der Waals surface area contributed by atoms with E-state index in [1.54, 1.807) is 0 Å². The summed E-state index contributed by atoms with van der Waals surface area (Å²) in [4.78, 5) is 0. The molecule has 72 valence electrons. The van der Waals surface area contributed by atoms with Gasteiger partial charge in [0, 0.05) is 12.1 Å². The molecule has 0 amide bonds. The van der Waals surface area contributed by atoms with Gasteiger partial charge in [-0.2, -0.15) is 0 Å². The fourth-order valence-electron chi connectivity index (χ4n) is 2.06. The molecule has 1 aliphatic heterocycles. The van der Waals surface area contributed by atoms with Gasteiger partial charge in [0.15, 0.2) is 0 Å². The van der Waals surface area contributed by atoms with Gasteiger partial charge in [-0.15, -0.1) is 0 Å². The van der Waals surface area contributed by atoms with Crippen LogP contribution in [0.4, 0.5) is 0 Å². The van der Waals surface area contributed by atoms with Crippen molar-refractivity contribution in [3.63, 3.8) is 0 Å². The van der Waals surface area contributed by atoms with E-state index in [1.165, 1.54) is 19.3 Å². The van der Waals surface area contributed by atoms with Crippen molar-refractivity contribution < 1.29 is 0 Å². The number of hydrogen-bond donors (Lipinski definition) is 1. The first kappa shape index (κ1) is 10.0. The van der Waals surface area contributed by atoms with Crippen molar-refractivity contribution >= 4 is 0 Å². The molecule has 0 aliphatic carbocycles. The molecule has 1 N–H and O–H groups in total. The largest absolute Gasteiger partial charge is 0.311 e. The Labute approximate surface area is 76.9 Å². The molecule has 3 unspecified atom stereocenters. The highest BCUT2D eigenvalue weighted by molar-refractivity contribution is 4.82. The Morgan fingerprint density at radius 3 is 2.33 bits per heavy atom. The highest BCUT2D eigenvalue weighted by atomic mass is 15.0. The molecule has 0 bridgehead atoms. The van der Waals surface area contributed by atoms with Crippen molar-refractivity contribution in [2.75, 3.05) is 0 Å². The van der Waals surface area contributed by atoms with Crippen LogP contribution in [0.1, 0.15) is 47.0 Å². The van der Waals surface area contributed by atoms with Gasteiger partial charge in [-0.3, -0.25) is 0 Å². The summed E-state index contributed by atoms with van der Waals surface area (Å²) in [6, 6.07) is 1.51. The molecule has 0 spiro atoms. The normalized spacial score (nSPS) is 33.8. The summed E-state index contributed by atoms with van der Waals surface area (Å²) in [7, 11) is 0. The molecule has 12 heavy (non-hydrogen) atoms. The SMILES string of the molecule is CC1CCCC(C(C)C(C)C)N1. The Morgan fingerprint density at radius 1 is 1.17 bits per heavy atom. The van der Waals surface area contributed by atoms with Gasteiger partial charge in [0.2, 0.25) is 0 Å². The molecule has 1 saturated heterocycles. The average Bonchev–Trinajstić information content (AvgIpc) is 2.03.